The summed E-state index contributed by atoms with van der Waals surface area (Å²) >= 11 is 0. The Bertz CT molecular complexity index is 1430. The van der Waals surface area contributed by atoms with Gasteiger partial charge in [0.05, 0.1) is 33.9 Å². The first-order valence-electron chi connectivity index (χ1n) is 15.4. The summed E-state index contributed by atoms with van der Waals surface area (Å²) in [4.78, 5) is 29.6. The molecule has 1 N–H and O–H groups in total. The quantitative estimate of drug-likeness (QED) is 0.228. The Balaban J connectivity index is 1.52. The number of hydrogen-bond donors (Lipinski definition) is 1. The fourth-order valence-electron chi connectivity index (χ4n) is 7.05. The van der Waals surface area contributed by atoms with E-state index in [1.807, 2.05) is 65.6 Å². The molecular weight excluding hydrogens is 572 g/mol. The van der Waals surface area contributed by atoms with Crippen molar-refractivity contribution in [2.24, 2.45) is 5.92 Å². The number of amides is 2. The average Bonchev–Trinajstić information content (AvgIpc) is 3.54. The number of carbonyl (C=O) groups excluding carboxylic acids is 2. The summed E-state index contributed by atoms with van der Waals surface area (Å²) in [6.07, 6.45) is 2.27. The second-order valence-electron chi connectivity index (χ2n) is 12.5. The lowest BCUT2D eigenvalue weighted by atomic mass is 9.86. The molecule has 44 heavy (non-hydrogen) atoms. The maximum atomic E-state index is 13.9. The average molecular weight is 617 g/mol. The van der Waals surface area contributed by atoms with Gasteiger partial charge < -0.3 is 24.2 Å². The predicted octanol–water partition coefficient (Wildman–Crippen LogP) is 5.43. The molecule has 234 valence electrons. The van der Waals surface area contributed by atoms with Crippen LogP contribution in [-0.4, -0.2) is 69.9 Å². The highest BCUT2D eigenvalue weighted by molar-refractivity contribution is 6.91. The van der Waals surface area contributed by atoms with E-state index in [4.69, 9.17) is 14.2 Å². The van der Waals surface area contributed by atoms with E-state index in [0.717, 1.165) is 41.9 Å². The smallest absolute Gasteiger partial charge is 0.223 e. The summed E-state index contributed by atoms with van der Waals surface area (Å²) in [7, 11) is 1.00. The Morgan fingerprint density at radius 3 is 2.45 bits per heavy atom. The molecule has 8 nitrogen and oxygen atoms in total. The summed E-state index contributed by atoms with van der Waals surface area (Å²) in [5.41, 5.74) is 2.29. The molecule has 5 atom stereocenters. The van der Waals surface area contributed by atoms with Gasteiger partial charge in [0.2, 0.25) is 12.3 Å². The van der Waals surface area contributed by atoms with Crippen LogP contribution in [0.5, 0.6) is 11.5 Å². The van der Waals surface area contributed by atoms with Gasteiger partial charge >= 0.3 is 0 Å². The number of aliphatic hydroxyl groups is 1. The van der Waals surface area contributed by atoms with Crippen molar-refractivity contribution < 1.29 is 28.9 Å². The molecule has 0 saturated carbocycles. The number of aliphatic hydroxyl groups excluding tert-OH is 1. The fraction of sp³-hybridized carbons (Fsp3) is 0.429. The Labute approximate surface area is 261 Å². The zero-order valence-electron chi connectivity index (χ0n) is 26.3. The third-order valence-corrected chi connectivity index (χ3v) is 13.9. The number of anilines is 2. The molecular formula is C35H44N2O6Si. The van der Waals surface area contributed by atoms with Crippen LogP contribution in [0.15, 0.2) is 72.8 Å². The van der Waals surface area contributed by atoms with E-state index >= 15 is 0 Å². The second-order valence-corrected chi connectivity index (χ2v) is 17.2. The first-order valence-corrected chi connectivity index (χ1v) is 18.5. The Kier molecular flexibility index (Phi) is 9.77. The fourth-order valence-corrected chi connectivity index (χ4v) is 10.4. The zero-order valence-corrected chi connectivity index (χ0v) is 27.3. The molecule has 9 heteroatoms. The zero-order chi connectivity index (χ0) is 31.4. The number of fused-ring (bicyclic) bond motifs is 1. The van der Waals surface area contributed by atoms with Crippen LogP contribution in [0.1, 0.15) is 37.9 Å². The lowest BCUT2D eigenvalue weighted by Crippen LogP contribution is -2.55. The van der Waals surface area contributed by atoms with Crippen LogP contribution in [-0.2, 0) is 14.3 Å². The first-order chi connectivity index (χ1) is 21.2. The molecule has 2 aliphatic heterocycles. The molecule has 3 aromatic carbocycles. The van der Waals surface area contributed by atoms with Gasteiger partial charge in [0.25, 0.3) is 0 Å². The number of ether oxygens (including phenoxy) is 3. The SMILES string of the molecule is COc1ccc([Si](C)(C)C(CC(=O)N2CCC[C@H]2CO)[C@@H]2Oc3ccc(N(C=O)c4ccccc4)cc3[C@H](OC)[C@H]2C)cc1. The highest BCUT2D eigenvalue weighted by atomic mass is 28.3. The summed E-state index contributed by atoms with van der Waals surface area (Å²) in [5, 5.41) is 11.2. The number of para-hydroxylation sites is 1. The lowest BCUT2D eigenvalue weighted by molar-refractivity contribution is -0.133. The molecule has 1 unspecified atom stereocenters. The van der Waals surface area contributed by atoms with E-state index in [9.17, 15) is 14.7 Å². The van der Waals surface area contributed by atoms with E-state index in [1.165, 1.54) is 5.19 Å². The molecule has 3 aromatic rings. The standard InChI is InChI=1S/C35H44N2O6Si/c1-24-34(42-3)30-20-26(37(23-39)25-10-7-6-8-11-25)13-18-31(30)43-35(24)32(21-33(40)36-19-9-12-27(36)22-38)44(4,5)29-16-14-28(41-2)15-17-29/h6-8,10-11,13-18,20,23-24,27,32,34-35,38H,9,12,19,21-22H2,1-5H3/t24-,27+,32?,34-,35-/m1/s1. The van der Waals surface area contributed by atoms with Crippen LogP contribution >= 0.6 is 0 Å². The van der Waals surface area contributed by atoms with Gasteiger partial charge in [-0.2, -0.15) is 0 Å². The van der Waals surface area contributed by atoms with Gasteiger partial charge in [-0.3, -0.25) is 14.5 Å². The number of carbonyl (C=O) groups is 2. The maximum absolute atomic E-state index is 13.9. The number of rotatable bonds is 11. The Morgan fingerprint density at radius 1 is 1.09 bits per heavy atom. The summed E-state index contributed by atoms with van der Waals surface area (Å²) in [5.74, 6) is 1.48. The van der Waals surface area contributed by atoms with Crippen LogP contribution in [0.4, 0.5) is 11.4 Å². The van der Waals surface area contributed by atoms with Crippen molar-refractivity contribution in [3.8, 4) is 11.5 Å². The summed E-state index contributed by atoms with van der Waals surface area (Å²) < 4.78 is 18.5. The van der Waals surface area contributed by atoms with E-state index in [-0.39, 0.29) is 42.2 Å². The number of methoxy groups -OCH3 is 2. The lowest BCUT2D eigenvalue weighted by Gasteiger charge is -2.46. The van der Waals surface area contributed by atoms with Gasteiger partial charge in [-0.1, -0.05) is 55.5 Å². The normalized spacial score (nSPS) is 22.1. The van der Waals surface area contributed by atoms with E-state index in [1.54, 1.807) is 19.1 Å². The third-order valence-electron chi connectivity index (χ3n) is 9.69. The van der Waals surface area contributed by atoms with Gasteiger partial charge in [0.1, 0.15) is 17.6 Å². The van der Waals surface area contributed by atoms with E-state index in [0.29, 0.717) is 18.7 Å². The van der Waals surface area contributed by atoms with Crippen molar-refractivity contribution in [1.29, 1.82) is 0 Å². The molecule has 0 spiro atoms. The first kappa shape index (κ1) is 31.8. The largest absolute Gasteiger partial charge is 0.497 e. The van der Waals surface area contributed by atoms with Crippen LogP contribution in [0, 0.1) is 5.92 Å². The molecule has 1 fully saturated rings. The van der Waals surface area contributed by atoms with Crippen LogP contribution < -0.4 is 19.6 Å². The number of nitrogens with zero attached hydrogens (tertiary/aromatic N) is 2. The van der Waals surface area contributed by atoms with E-state index in [2.05, 4.69) is 32.2 Å². The number of benzene rings is 3. The monoisotopic (exact) mass is 616 g/mol. The molecule has 2 amide bonds. The predicted molar refractivity (Wildman–Crippen MR) is 175 cm³/mol. The minimum Gasteiger partial charge on any atom is -0.497 e. The molecule has 1 saturated heterocycles. The van der Waals surface area contributed by atoms with Crippen molar-refractivity contribution in [3.05, 3.63) is 78.4 Å². The molecule has 0 radical (unpaired) electrons. The van der Waals surface area contributed by atoms with Gasteiger partial charge in [-0.15, -0.1) is 0 Å². The van der Waals surface area contributed by atoms with Crippen LogP contribution in [0.25, 0.3) is 0 Å². The van der Waals surface area contributed by atoms with Gasteiger partial charge in [-0.05, 0) is 55.3 Å². The van der Waals surface area contributed by atoms with E-state index < -0.39 is 8.07 Å². The van der Waals surface area contributed by atoms with Gasteiger partial charge in [-0.25, -0.2) is 0 Å². The third kappa shape index (κ3) is 6.13. The van der Waals surface area contributed by atoms with Crippen molar-refractivity contribution in [2.45, 2.75) is 63.1 Å². The van der Waals surface area contributed by atoms with Crippen molar-refractivity contribution in [2.75, 3.05) is 32.3 Å². The highest BCUT2D eigenvalue weighted by Gasteiger charge is 2.49. The minimum atomic E-state index is -2.36. The Hall–Kier alpha value is -3.66. The second kappa shape index (κ2) is 13.5. The summed E-state index contributed by atoms with van der Waals surface area (Å²) in [6, 6.07) is 23.4. The van der Waals surface area contributed by atoms with Crippen LogP contribution in [0.3, 0.4) is 0 Å². The molecule has 2 heterocycles. The maximum Gasteiger partial charge on any atom is 0.223 e. The number of likely N-dealkylation sites (tertiary alicyclic amines) is 1. The van der Waals surface area contributed by atoms with Gasteiger partial charge in [0, 0.05) is 48.5 Å². The van der Waals surface area contributed by atoms with Gasteiger partial charge in [0.15, 0.2) is 0 Å². The molecule has 0 aliphatic carbocycles. The topological polar surface area (TPSA) is 88.5 Å². The minimum absolute atomic E-state index is 0.0196. The summed E-state index contributed by atoms with van der Waals surface area (Å²) in [6.45, 7) is 7.39. The molecule has 0 aromatic heterocycles. The molecule has 0 bridgehead atoms. The van der Waals surface area contributed by atoms with Crippen molar-refractivity contribution in [3.63, 3.8) is 0 Å². The molecule has 5 rings (SSSR count). The van der Waals surface area contributed by atoms with Crippen molar-refractivity contribution >= 4 is 37.0 Å². The highest BCUT2D eigenvalue weighted by Crippen LogP contribution is 2.48. The molecule has 2 aliphatic rings. The number of hydrogen-bond acceptors (Lipinski definition) is 6. The van der Waals surface area contributed by atoms with Crippen molar-refractivity contribution in [1.82, 2.24) is 4.90 Å². The van der Waals surface area contributed by atoms with Crippen LogP contribution in [0.2, 0.25) is 18.6 Å². The Morgan fingerprint density at radius 2 is 1.82 bits per heavy atom.